The number of fused-ring (bicyclic) bond motifs is 5. The number of rotatable bonds is 29. The monoisotopic (exact) mass is 1390 g/mol. The number of aromatic nitrogens is 5. The zero-order valence-corrected chi connectivity index (χ0v) is 58.5. The Bertz CT molecular complexity index is 4540. The average Bonchev–Trinajstić information content (AvgIpc) is 1.68. The molecule has 11 aromatic rings. The van der Waals surface area contributed by atoms with Gasteiger partial charge in [0.25, 0.3) is 0 Å². The number of aromatic amines is 5. The molecule has 1 unspecified atom stereocenters. The van der Waals surface area contributed by atoms with Crippen molar-refractivity contribution in [3.63, 3.8) is 0 Å². The van der Waals surface area contributed by atoms with E-state index in [0.29, 0.717) is 49.9 Å². The summed E-state index contributed by atoms with van der Waals surface area (Å²) in [4.78, 5) is 82.1. The molecule has 0 radical (unpaired) electrons. The fourth-order valence-electron chi connectivity index (χ4n) is 11.3. The van der Waals surface area contributed by atoms with Gasteiger partial charge < -0.3 is 83.6 Å². The second-order valence-corrected chi connectivity index (χ2v) is 25.1. The number of hydrogen-bond donors (Lipinski definition) is 10. The van der Waals surface area contributed by atoms with Gasteiger partial charge in [0.15, 0.2) is 0 Å². The van der Waals surface area contributed by atoms with Crippen LogP contribution in [0.1, 0.15) is 126 Å². The molecule has 0 aliphatic rings. The van der Waals surface area contributed by atoms with Crippen LogP contribution in [0.2, 0.25) is 0 Å². The van der Waals surface area contributed by atoms with Crippen LogP contribution < -0.4 is 28.4 Å². The molecule has 1 atom stereocenters. The lowest BCUT2D eigenvalue weighted by atomic mass is 9.78. The summed E-state index contributed by atoms with van der Waals surface area (Å²) in [6, 6.07) is 35.8. The molecule has 0 saturated heterocycles. The number of H-pyrrole nitrogens is 5. The number of ether oxygens (including phenoxy) is 7. The van der Waals surface area contributed by atoms with Crippen LogP contribution in [0, 0.1) is 0 Å². The quantitative estimate of drug-likeness (QED) is 0.0154. The van der Waals surface area contributed by atoms with E-state index in [9.17, 15) is 33.9 Å². The first-order chi connectivity index (χ1) is 48.3. The first-order valence-corrected chi connectivity index (χ1v) is 33.3. The van der Waals surface area contributed by atoms with E-state index in [1.165, 1.54) is 0 Å². The Balaban J connectivity index is 0.000000181. The van der Waals surface area contributed by atoms with Gasteiger partial charge in [-0.3, -0.25) is 28.8 Å². The Kier molecular flexibility index (Phi) is 28.2. The molecule has 0 amide bonds. The van der Waals surface area contributed by atoms with Gasteiger partial charge in [0.1, 0.15) is 46.7 Å². The number of benzene rings is 6. The standard InChI is InChI=1S/C23H33NO4.C19H19NO5.C13H15NO3.C12H13NO3.C11H11NO3/c1-22(2,3)28-20(25)14-8-6-5-7-11-15-23(4,21(26)27)18-16-24-19-13-10-9-12-17(18)19;1-23-15-5-12(6-16(8-15)24-2)11-25-14-3-4-18-17(9-14)13(10-20-18)7-19(21)22;1-2-5-17-10-3-4-12-11(7-10)9(8-14-12)6-13(15)16;1-2-16-9-3-4-11-10(6-9)8(7-13-11)5-12(14)15;1-15-8-2-3-10-9(5-8)7(6-12-10)4-11(13)14/h9-10,12-13,16,24H,5-8,11,14-15H2,1-4H3,(H,26,27);3-6,8-10,20H,7,11H2,1-2H3,(H,21,22);3-4,7-8,14H,2,5-6H2,1H3,(H,15,16);3-4,6-7,13H,2,5H2,1H3,(H,14,15);2-3,5-6,12H,4H2,1H3,(H,13,14). The fraction of sp³-hybridized carbons (Fsp3) is 0.333. The van der Waals surface area contributed by atoms with E-state index in [4.69, 9.17) is 53.6 Å². The van der Waals surface area contributed by atoms with E-state index < -0.39 is 40.9 Å². The summed E-state index contributed by atoms with van der Waals surface area (Å²) in [5.41, 5.74) is 8.13. The highest BCUT2D eigenvalue weighted by molar-refractivity contribution is 5.93. The van der Waals surface area contributed by atoms with E-state index >= 15 is 0 Å². The van der Waals surface area contributed by atoms with Gasteiger partial charge in [-0.25, -0.2) is 0 Å². The van der Waals surface area contributed by atoms with Gasteiger partial charge in [-0.1, -0.05) is 50.8 Å². The third-order valence-corrected chi connectivity index (χ3v) is 16.3. The van der Waals surface area contributed by atoms with Crippen molar-refractivity contribution in [3.8, 4) is 34.5 Å². The Morgan fingerprint density at radius 1 is 0.416 bits per heavy atom. The van der Waals surface area contributed by atoms with Gasteiger partial charge in [-0.2, -0.15) is 0 Å². The molecular formula is C78H91N5O18. The summed E-state index contributed by atoms with van der Waals surface area (Å²) in [6.07, 6.45) is 15.3. The maximum Gasteiger partial charge on any atom is 0.313 e. The number of esters is 1. The summed E-state index contributed by atoms with van der Waals surface area (Å²) in [5.74, 6) is 0.0435. The number of carbonyl (C=O) groups excluding carboxylic acids is 1. The molecule has 10 N–H and O–H groups in total. The molecular weight excluding hydrogens is 1290 g/mol. The lowest BCUT2D eigenvalue weighted by Gasteiger charge is -2.24. The Morgan fingerprint density at radius 2 is 0.812 bits per heavy atom. The number of nitrogens with one attached hydrogen (secondary N) is 5. The molecule has 536 valence electrons. The van der Waals surface area contributed by atoms with Crippen molar-refractivity contribution in [2.75, 3.05) is 34.5 Å². The topological polar surface area (TPSA) is 347 Å². The number of carboxylic acids is 5. The molecule has 0 aliphatic heterocycles. The Hall–Kier alpha value is -11.4. The second-order valence-electron chi connectivity index (χ2n) is 25.1. The molecule has 23 heteroatoms. The largest absolute Gasteiger partial charge is 0.497 e. The number of para-hydroxylation sites is 1. The van der Waals surface area contributed by atoms with Crippen molar-refractivity contribution in [1.82, 2.24) is 24.9 Å². The maximum atomic E-state index is 12.1. The summed E-state index contributed by atoms with van der Waals surface area (Å²) in [7, 11) is 4.79. The molecule has 11 rings (SSSR count). The van der Waals surface area contributed by atoms with Crippen LogP contribution in [0.15, 0.2) is 146 Å². The first-order valence-electron chi connectivity index (χ1n) is 33.3. The summed E-state index contributed by atoms with van der Waals surface area (Å²) < 4.78 is 37.7. The highest BCUT2D eigenvalue weighted by Gasteiger charge is 2.36. The average molecular weight is 1390 g/mol. The Labute approximate surface area is 585 Å². The zero-order chi connectivity index (χ0) is 73.2. The van der Waals surface area contributed by atoms with Crippen LogP contribution in [-0.4, -0.2) is 126 Å². The SMILES string of the molecule is CC(C)(C)OC(=O)CCCCCCCC(C)(C(=O)O)c1c[nH]c2ccccc12.CCCOc1ccc2[nH]cc(CC(=O)O)c2c1.CCOc1ccc2[nH]cc(CC(=O)O)c2c1.COc1cc(COc2ccc3[nH]cc(CC(=O)O)c3c2)cc(OC)c1.COc1ccc2[nH]cc(CC(=O)O)c2c1. The van der Waals surface area contributed by atoms with Gasteiger partial charge >= 0.3 is 35.8 Å². The van der Waals surface area contributed by atoms with Crippen LogP contribution in [0.25, 0.3) is 54.5 Å². The normalized spacial score (nSPS) is 11.5. The van der Waals surface area contributed by atoms with E-state index in [2.05, 4.69) is 24.9 Å². The lowest BCUT2D eigenvalue weighted by molar-refractivity contribution is -0.155. The molecule has 0 aliphatic carbocycles. The molecule has 5 heterocycles. The molecule has 5 aromatic heterocycles. The smallest absolute Gasteiger partial charge is 0.313 e. The van der Waals surface area contributed by atoms with Crippen molar-refractivity contribution in [2.24, 2.45) is 0 Å². The minimum absolute atomic E-state index is 0.0210. The van der Waals surface area contributed by atoms with Crippen LogP contribution in [0.5, 0.6) is 34.5 Å². The van der Waals surface area contributed by atoms with Crippen LogP contribution in [-0.2, 0) is 71.2 Å². The molecule has 101 heavy (non-hydrogen) atoms. The maximum absolute atomic E-state index is 12.1. The van der Waals surface area contributed by atoms with E-state index in [-0.39, 0.29) is 31.7 Å². The highest BCUT2D eigenvalue weighted by Crippen LogP contribution is 2.36. The first kappa shape index (κ1) is 77.0. The van der Waals surface area contributed by atoms with Crippen molar-refractivity contribution in [1.29, 1.82) is 0 Å². The summed E-state index contributed by atoms with van der Waals surface area (Å²) in [5, 5.41) is 49.8. The molecule has 0 fully saturated rings. The van der Waals surface area contributed by atoms with E-state index in [1.54, 1.807) is 52.2 Å². The number of hydrogen-bond acceptors (Lipinski definition) is 13. The summed E-state index contributed by atoms with van der Waals surface area (Å²) >= 11 is 0. The third kappa shape index (κ3) is 22.9. The molecule has 0 saturated carbocycles. The van der Waals surface area contributed by atoms with E-state index in [0.717, 1.165) is 144 Å². The van der Waals surface area contributed by atoms with Gasteiger partial charge in [0.05, 0.1) is 65.6 Å². The molecule has 6 aromatic carbocycles. The van der Waals surface area contributed by atoms with Crippen LogP contribution in [0.4, 0.5) is 0 Å². The summed E-state index contributed by atoms with van der Waals surface area (Å²) in [6.45, 7) is 13.0. The van der Waals surface area contributed by atoms with Crippen molar-refractivity contribution < 1.29 is 87.5 Å². The number of carbonyl (C=O) groups is 6. The van der Waals surface area contributed by atoms with Crippen LogP contribution in [0.3, 0.4) is 0 Å². The third-order valence-electron chi connectivity index (χ3n) is 16.3. The van der Waals surface area contributed by atoms with Crippen molar-refractivity contribution in [2.45, 2.75) is 136 Å². The Morgan fingerprint density at radius 3 is 1.24 bits per heavy atom. The predicted molar refractivity (Wildman–Crippen MR) is 387 cm³/mol. The predicted octanol–water partition coefficient (Wildman–Crippen LogP) is 15.6. The number of carboxylic acid groups (broad SMARTS) is 5. The lowest BCUT2D eigenvalue weighted by Crippen LogP contribution is -2.32. The van der Waals surface area contributed by atoms with Crippen molar-refractivity contribution >= 4 is 90.3 Å². The van der Waals surface area contributed by atoms with Crippen LogP contribution >= 0.6 is 0 Å². The fourth-order valence-corrected chi connectivity index (χ4v) is 11.3. The minimum Gasteiger partial charge on any atom is -0.497 e. The molecule has 23 nitrogen and oxygen atoms in total. The molecule has 0 bridgehead atoms. The van der Waals surface area contributed by atoms with Gasteiger partial charge in [-0.15, -0.1) is 0 Å². The second kappa shape index (κ2) is 37.0. The zero-order valence-electron chi connectivity index (χ0n) is 58.5. The minimum atomic E-state index is -0.907. The van der Waals surface area contributed by atoms with Crippen molar-refractivity contribution in [3.05, 3.63) is 180 Å². The van der Waals surface area contributed by atoms with E-state index in [1.807, 2.05) is 157 Å². The number of aliphatic carboxylic acids is 5. The molecule has 0 spiro atoms. The number of methoxy groups -OCH3 is 3. The number of unbranched alkanes of at least 4 members (excludes halogenated alkanes) is 4. The van der Waals surface area contributed by atoms with Gasteiger partial charge in [-0.05, 0) is 178 Å². The highest BCUT2D eigenvalue weighted by atomic mass is 16.6. The van der Waals surface area contributed by atoms with Gasteiger partial charge in [0, 0.05) is 98.0 Å². The van der Waals surface area contributed by atoms with Gasteiger partial charge in [0.2, 0.25) is 0 Å².